The fourth-order valence-electron chi connectivity index (χ4n) is 1.46. The Labute approximate surface area is 119 Å². The smallest absolute Gasteiger partial charge is 0.143 e. The van der Waals surface area contributed by atoms with E-state index in [9.17, 15) is 5.11 Å². The summed E-state index contributed by atoms with van der Waals surface area (Å²) < 4.78 is 6.18. The zero-order valence-corrected chi connectivity index (χ0v) is 12.0. The van der Waals surface area contributed by atoms with Crippen LogP contribution in [0.4, 0.5) is 11.4 Å². The highest BCUT2D eigenvalue weighted by atomic mass is 79.9. The summed E-state index contributed by atoms with van der Waals surface area (Å²) >= 11 is 3.32. The van der Waals surface area contributed by atoms with Crippen molar-refractivity contribution in [3.05, 3.63) is 46.9 Å². The van der Waals surface area contributed by atoms with Gasteiger partial charge in [0.2, 0.25) is 0 Å². The summed E-state index contributed by atoms with van der Waals surface area (Å²) in [5.41, 5.74) is 1.12. The highest BCUT2D eigenvalue weighted by molar-refractivity contribution is 9.10. The second kappa shape index (κ2) is 6.33. The largest absolute Gasteiger partial charge is 0.506 e. The number of nitrogens with zero attached hydrogens (tertiary/aromatic N) is 2. The standard InChI is InChI=1S/C14H13BrN2O2/c1-2-19-12-6-4-11(5-7-12)16-17-13-9-10(15)3-8-14(13)18/h3-9,18H,2H2,1H3. The Morgan fingerprint density at radius 3 is 2.53 bits per heavy atom. The quantitative estimate of drug-likeness (QED) is 0.808. The predicted molar refractivity (Wildman–Crippen MR) is 77.6 cm³/mol. The van der Waals surface area contributed by atoms with E-state index in [0.717, 1.165) is 10.2 Å². The van der Waals surface area contributed by atoms with Gasteiger partial charge in [0.25, 0.3) is 0 Å². The Morgan fingerprint density at radius 1 is 1.11 bits per heavy atom. The van der Waals surface area contributed by atoms with Gasteiger partial charge in [0.15, 0.2) is 0 Å². The van der Waals surface area contributed by atoms with Crippen molar-refractivity contribution in [2.24, 2.45) is 10.2 Å². The zero-order chi connectivity index (χ0) is 13.7. The molecule has 0 saturated heterocycles. The zero-order valence-electron chi connectivity index (χ0n) is 10.4. The highest BCUT2D eigenvalue weighted by Gasteiger charge is 2.00. The van der Waals surface area contributed by atoms with Crippen molar-refractivity contribution >= 4 is 27.3 Å². The molecule has 2 aromatic carbocycles. The molecule has 0 fully saturated rings. The van der Waals surface area contributed by atoms with Gasteiger partial charge in [-0.3, -0.25) is 0 Å². The van der Waals surface area contributed by atoms with Crippen LogP contribution >= 0.6 is 15.9 Å². The number of ether oxygens (including phenoxy) is 1. The SMILES string of the molecule is CCOc1ccc(N=Nc2cc(Br)ccc2O)cc1. The normalized spacial score (nSPS) is 10.8. The van der Waals surface area contributed by atoms with E-state index >= 15 is 0 Å². The molecule has 0 aliphatic rings. The van der Waals surface area contributed by atoms with Crippen molar-refractivity contribution < 1.29 is 9.84 Å². The third kappa shape index (κ3) is 3.79. The maximum atomic E-state index is 9.63. The summed E-state index contributed by atoms with van der Waals surface area (Å²) in [5, 5.41) is 17.7. The van der Waals surface area contributed by atoms with E-state index in [-0.39, 0.29) is 5.75 Å². The molecule has 19 heavy (non-hydrogen) atoms. The Bertz CT molecular complexity index is 582. The number of benzene rings is 2. The van der Waals surface area contributed by atoms with Gasteiger partial charge >= 0.3 is 0 Å². The fourth-order valence-corrected chi connectivity index (χ4v) is 1.81. The number of azo groups is 1. The Balaban J connectivity index is 2.15. The van der Waals surface area contributed by atoms with Crippen LogP contribution in [0.1, 0.15) is 6.92 Å². The minimum absolute atomic E-state index is 0.0953. The van der Waals surface area contributed by atoms with Crippen LogP contribution in [-0.4, -0.2) is 11.7 Å². The van der Waals surface area contributed by atoms with Crippen molar-refractivity contribution in [3.63, 3.8) is 0 Å². The van der Waals surface area contributed by atoms with Crippen molar-refractivity contribution in [2.75, 3.05) is 6.61 Å². The molecule has 0 radical (unpaired) electrons. The van der Waals surface area contributed by atoms with Crippen molar-refractivity contribution in [1.29, 1.82) is 0 Å². The molecule has 2 aromatic rings. The third-order valence-corrected chi connectivity index (χ3v) is 2.85. The second-order valence-electron chi connectivity index (χ2n) is 3.76. The Kier molecular flexibility index (Phi) is 4.52. The molecular weight excluding hydrogens is 308 g/mol. The van der Waals surface area contributed by atoms with Gasteiger partial charge in [0, 0.05) is 4.47 Å². The van der Waals surface area contributed by atoms with Crippen LogP contribution in [0.2, 0.25) is 0 Å². The number of hydrogen-bond donors (Lipinski definition) is 1. The molecule has 0 spiro atoms. The van der Waals surface area contributed by atoms with Crippen molar-refractivity contribution in [1.82, 2.24) is 0 Å². The first-order chi connectivity index (χ1) is 9.19. The first-order valence-electron chi connectivity index (χ1n) is 5.82. The first-order valence-corrected chi connectivity index (χ1v) is 6.61. The summed E-state index contributed by atoms with van der Waals surface area (Å²) in [6.07, 6.45) is 0. The molecule has 5 heteroatoms. The van der Waals surface area contributed by atoms with Crippen LogP contribution < -0.4 is 4.74 Å². The summed E-state index contributed by atoms with van der Waals surface area (Å²) in [6.45, 7) is 2.57. The molecule has 4 nitrogen and oxygen atoms in total. The molecule has 98 valence electrons. The van der Waals surface area contributed by atoms with Gasteiger partial charge in [-0.15, -0.1) is 5.11 Å². The number of hydrogen-bond acceptors (Lipinski definition) is 4. The lowest BCUT2D eigenvalue weighted by Gasteiger charge is -2.02. The average Bonchev–Trinajstić information content (AvgIpc) is 2.42. The number of rotatable bonds is 4. The molecule has 0 amide bonds. The molecule has 0 aromatic heterocycles. The topological polar surface area (TPSA) is 54.2 Å². The lowest BCUT2D eigenvalue weighted by molar-refractivity contribution is 0.340. The van der Waals surface area contributed by atoms with E-state index in [1.165, 1.54) is 0 Å². The van der Waals surface area contributed by atoms with E-state index in [1.54, 1.807) is 18.2 Å². The highest BCUT2D eigenvalue weighted by Crippen LogP contribution is 2.31. The van der Waals surface area contributed by atoms with Crippen LogP contribution in [0.5, 0.6) is 11.5 Å². The van der Waals surface area contributed by atoms with E-state index in [1.807, 2.05) is 31.2 Å². The molecule has 0 heterocycles. The molecule has 0 aliphatic heterocycles. The van der Waals surface area contributed by atoms with Gasteiger partial charge in [-0.2, -0.15) is 5.11 Å². The number of phenolic OH excluding ortho intramolecular Hbond substituents is 1. The molecule has 0 atom stereocenters. The van der Waals surface area contributed by atoms with E-state index in [4.69, 9.17) is 4.74 Å². The van der Waals surface area contributed by atoms with Gasteiger partial charge in [0.05, 0.1) is 12.3 Å². The van der Waals surface area contributed by atoms with Gasteiger partial charge in [-0.05, 0) is 49.4 Å². The molecule has 0 bridgehead atoms. The van der Waals surface area contributed by atoms with E-state index < -0.39 is 0 Å². The van der Waals surface area contributed by atoms with Gasteiger partial charge in [-0.1, -0.05) is 15.9 Å². The summed E-state index contributed by atoms with van der Waals surface area (Å²) in [5.74, 6) is 0.893. The second-order valence-corrected chi connectivity index (χ2v) is 4.68. The van der Waals surface area contributed by atoms with Crippen molar-refractivity contribution in [2.45, 2.75) is 6.92 Å². The third-order valence-electron chi connectivity index (χ3n) is 2.36. The van der Waals surface area contributed by atoms with Crippen LogP contribution in [-0.2, 0) is 0 Å². The molecule has 0 unspecified atom stereocenters. The fraction of sp³-hybridized carbons (Fsp3) is 0.143. The Hall–Kier alpha value is -1.88. The molecule has 1 N–H and O–H groups in total. The average molecular weight is 321 g/mol. The summed E-state index contributed by atoms with van der Waals surface area (Å²) in [4.78, 5) is 0. The van der Waals surface area contributed by atoms with Gasteiger partial charge in [0.1, 0.15) is 17.2 Å². The number of aromatic hydroxyl groups is 1. The van der Waals surface area contributed by atoms with Crippen LogP contribution in [0.3, 0.4) is 0 Å². The molecular formula is C14H13BrN2O2. The summed E-state index contributed by atoms with van der Waals surface area (Å²) in [6, 6.07) is 12.3. The summed E-state index contributed by atoms with van der Waals surface area (Å²) in [7, 11) is 0. The van der Waals surface area contributed by atoms with Gasteiger partial charge < -0.3 is 9.84 Å². The van der Waals surface area contributed by atoms with E-state index in [0.29, 0.717) is 18.0 Å². The van der Waals surface area contributed by atoms with Crippen LogP contribution in [0, 0.1) is 0 Å². The minimum Gasteiger partial charge on any atom is -0.506 e. The maximum absolute atomic E-state index is 9.63. The van der Waals surface area contributed by atoms with Crippen LogP contribution in [0.15, 0.2) is 57.2 Å². The minimum atomic E-state index is 0.0953. The monoisotopic (exact) mass is 320 g/mol. The van der Waals surface area contributed by atoms with E-state index in [2.05, 4.69) is 26.2 Å². The number of phenols is 1. The molecule has 0 aliphatic carbocycles. The predicted octanol–water partition coefficient (Wildman–Crippen LogP) is 4.97. The molecule has 2 rings (SSSR count). The van der Waals surface area contributed by atoms with Crippen LogP contribution in [0.25, 0.3) is 0 Å². The Morgan fingerprint density at radius 2 is 1.84 bits per heavy atom. The lowest BCUT2D eigenvalue weighted by atomic mass is 10.3. The number of halogens is 1. The van der Waals surface area contributed by atoms with Gasteiger partial charge in [-0.25, -0.2) is 0 Å². The lowest BCUT2D eigenvalue weighted by Crippen LogP contribution is -1.89. The molecule has 0 saturated carbocycles. The first kappa shape index (κ1) is 13.5. The maximum Gasteiger partial charge on any atom is 0.143 e. The van der Waals surface area contributed by atoms with Crippen molar-refractivity contribution in [3.8, 4) is 11.5 Å².